The zero-order valence-electron chi connectivity index (χ0n) is 18.0. The van der Waals surface area contributed by atoms with Gasteiger partial charge in [0.2, 0.25) is 5.91 Å². The number of nitrogens with zero attached hydrogens (tertiary/aromatic N) is 2. The van der Waals surface area contributed by atoms with Crippen molar-refractivity contribution in [1.29, 1.82) is 0 Å². The number of aliphatic hydroxyl groups excluding tert-OH is 1. The summed E-state index contributed by atoms with van der Waals surface area (Å²) in [5, 5.41) is 22.6. The largest absolute Gasteiger partial charge is 0.508 e. The molecule has 2 aromatic carbocycles. The summed E-state index contributed by atoms with van der Waals surface area (Å²) in [7, 11) is 0. The molecule has 2 fully saturated rings. The van der Waals surface area contributed by atoms with Crippen LogP contribution >= 0.6 is 0 Å². The number of benzene rings is 2. The van der Waals surface area contributed by atoms with Crippen molar-refractivity contribution in [2.24, 2.45) is 5.92 Å². The minimum atomic E-state index is -0.624. The number of carbonyl (C=O) groups is 2. The molecule has 0 spiro atoms. The van der Waals surface area contributed by atoms with Gasteiger partial charge in [-0.05, 0) is 54.5 Å². The predicted molar refractivity (Wildman–Crippen MR) is 119 cm³/mol. The number of phenols is 1. The maximum atomic E-state index is 13.4. The predicted octanol–water partition coefficient (Wildman–Crippen LogP) is 2.75. The molecule has 7 nitrogen and oxygen atoms in total. The molecular weight excluding hydrogens is 406 g/mol. The fourth-order valence-electron chi connectivity index (χ4n) is 5.71. The van der Waals surface area contributed by atoms with Crippen LogP contribution in [-0.2, 0) is 11.2 Å². The topological polar surface area (TPSA) is 93.1 Å². The molecule has 0 unspecified atom stereocenters. The first-order chi connectivity index (χ1) is 15.6. The monoisotopic (exact) mass is 435 g/mol. The van der Waals surface area contributed by atoms with Crippen molar-refractivity contribution in [3.8, 4) is 5.75 Å². The van der Waals surface area contributed by atoms with E-state index in [1.807, 2.05) is 17.0 Å². The SMILES string of the molecule is O=C1[C@H]2CCCN(C(=O)N[C@@H](CO)c3cccc(O)c3)[C@H]2C[C@@H]2c3ccccc3CCN12. The van der Waals surface area contributed by atoms with Crippen molar-refractivity contribution in [2.45, 2.75) is 43.8 Å². The van der Waals surface area contributed by atoms with E-state index >= 15 is 0 Å². The lowest BCUT2D eigenvalue weighted by Gasteiger charge is -2.51. The molecule has 2 saturated heterocycles. The minimum absolute atomic E-state index is 0.00168. The van der Waals surface area contributed by atoms with Gasteiger partial charge in [-0.3, -0.25) is 4.79 Å². The molecule has 3 amide bonds. The summed E-state index contributed by atoms with van der Waals surface area (Å²) < 4.78 is 0. The molecule has 0 saturated carbocycles. The smallest absolute Gasteiger partial charge is 0.318 e. The third kappa shape index (κ3) is 3.60. The van der Waals surface area contributed by atoms with Crippen molar-refractivity contribution in [3.05, 3.63) is 65.2 Å². The molecular formula is C25H29N3O4. The fourth-order valence-corrected chi connectivity index (χ4v) is 5.71. The van der Waals surface area contributed by atoms with Crippen LogP contribution < -0.4 is 5.32 Å². The summed E-state index contributed by atoms with van der Waals surface area (Å²) in [5.74, 6) is 0.0662. The Hall–Kier alpha value is -3.06. The summed E-state index contributed by atoms with van der Waals surface area (Å²) in [6, 6.07) is 13.8. The molecule has 3 heterocycles. The Balaban J connectivity index is 1.38. The molecule has 3 N–H and O–H groups in total. The minimum Gasteiger partial charge on any atom is -0.508 e. The highest BCUT2D eigenvalue weighted by molar-refractivity contribution is 5.83. The van der Waals surface area contributed by atoms with E-state index in [2.05, 4.69) is 17.4 Å². The lowest BCUT2D eigenvalue weighted by molar-refractivity contribution is -0.148. The second-order valence-corrected chi connectivity index (χ2v) is 9.02. The number of aliphatic hydroxyl groups is 1. The van der Waals surface area contributed by atoms with Gasteiger partial charge < -0.3 is 25.3 Å². The normalized spacial score (nSPS) is 25.4. The Morgan fingerprint density at radius 2 is 2.00 bits per heavy atom. The van der Waals surface area contributed by atoms with E-state index in [-0.39, 0.29) is 42.3 Å². The number of hydrogen-bond acceptors (Lipinski definition) is 4. The van der Waals surface area contributed by atoms with Gasteiger partial charge in [0.05, 0.1) is 24.6 Å². The van der Waals surface area contributed by atoms with Crippen molar-refractivity contribution >= 4 is 11.9 Å². The van der Waals surface area contributed by atoms with Crippen molar-refractivity contribution in [1.82, 2.24) is 15.1 Å². The van der Waals surface area contributed by atoms with Gasteiger partial charge in [-0.25, -0.2) is 4.79 Å². The zero-order valence-corrected chi connectivity index (χ0v) is 18.0. The number of piperidine rings is 2. The third-order valence-corrected chi connectivity index (χ3v) is 7.27. The number of carbonyl (C=O) groups excluding carboxylic acids is 2. The number of phenolic OH excluding ortho intramolecular Hbond substituents is 1. The molecule has 0 radical (unpaired) electrons. The molecule has 0 bridgehead atoms. The van der Waals surface area contributed by atoms with Crippen molar-refractivity contribution < 1.29 is 19.8 Å². The number of amides is 3. The van der Waals surface area contributed by atoms with Crippen LogP contribution in [0.2, 0.25) is 0 Å². The second kappa shape index (κ2) is 8.47. The first-order valence-electron chi connectivity index (χ1n) is 11.4. The summed E-state index contributed by atoms with van der Waals surface area (Å²) in [4.78, 5) is 30.5. The van der Waals surface area contributed by atoms with Crippen LogP contribution in [0.5, 0.6) is 5.75 Å². The van der Waals surface area contributed by atoms with Gasteiger partial charge in [-0.1, -0.05) is 36.4 Å². The van der Waals surface area contributed by atoms with E-state index in [4.69, 9.17) is 0 Å². The standard InChI is InChI=1S/C25H29N3O4/c29-15-21(17-6-3-7-18(30)13-17)26-25(32)28-11-4-9-20-23(28)14-22-19-8-2-1-5-16(19)10-12-27(22)24(20)31/h1-3,5-8,13,20-23,29-30H,4,9-12,14-15H2,(H,26,32)/t20-,21-,22+,23-/m0/s1. The van der Waals surface area contributed by atoms with Crippen LogP contribution in [-0.4, -0.2) is 57.7 Å². The van der Waals surface area contributed by atoms with Crippen molar-refractivity contribution in [3.63, 3.8) is 0 Å². The van der Waals surface area contributed by atoms with Gasteiger partial charge in [-0.15, -0.1) is 0 Å². The molecule has 32 heavy (non-hydrogen) atoms. The van der Waals surface area contributed by atoms with E-state index in [1.165, 1.54) is 11.1 Å². The summed E-state index contributed by atoms with van der Waals surface area (Å²) in [6.45, 7) is 1.05. The van der Waals surface area contributed by atoms with Gasteiger partial charge in [0.1, 0.15) is 5.75 Å². The molecule has 3 aliphatic heterocycles. The van der Waals surface area contributed by atoms with Crippen LogP contribution in [0.15, 0.2) is 48.5 Å². The Kier molecular flexibility index (Phi) is 5.51. The highest BCUT2D eigenvalue weighted by Crippen LogP contribution is 2.43. The van der Waals surface area contributed by atoms with Crippen LogP contribution in [0.3, 0.4) is 0 Å². The first-order valence-corrected chi connectivity index (χ1v) is 11.4. The number of hydrogen-bond donors (Lipinski definition) is 3. The number of nitrogens with one attached hydrogen (secondary N) is 1. The molecule has 7 heteroatoms. The van der Waals surface area contributed by atoms with E-state index < -0.39 is 6.04 Å². The Morgan fingerprint density at radius 1 is 1.16 bits per heavy atom. The second-order valence-electron chi connectivity index (χ2n) is 9.02. The van der Waals surface area contributed by atoms with Crippen LogP contribution in [0, 0.1) is 5.92 Å². The van der Waals surface area contributed by atoms with E-state index in [0.29, 0.717) is 12.1 Å². The summed E-state index contributed by atoms with van der Waals surface area (Å²) in [5.41, 5.74) is 3.13. The maximum Gasteiger partial charge on any atom is 0.318 e. The number of aromatic hydroxyl groups is 1. The quantitative estimate of drug-likeness (QED) is 0.691. The number of likely N-dealkylation sites (tertiary alicyclic amines) is 1. The Morgan fingerprint density at radius 3 is 2.81 bits per heavy atom. The fraction of sp³-hybridized carbons (Fsp3) is 0.440. The summed E-state index contributed by atoms with van der Waals surface area (Å²) >= 11 is 0. The molecule has 5 rings (SSSR count). The lowest BCUT2D eigenvalue weighted by Crippen LogP contribution is -2.61. The lowest BCUT2D eigenvalue weighted by atomic mass is 9.76. The van der Waals surface area contributed by atoms with Gasteiger partial charge in [0.15, 0.2) is 0 Å². The van der Waals surface area contributed by atoms with Gasteiger partial charge in [0.25, 0.3) is 0 Å². The average molecular weight is 436 g/mol. The highest BCUT2D eigenvalue weighted by Gasteiger charge is 2.48. The summed E-state index contributed by atoms with van der Waals surface area (Å²) in [6.07, 6.45) is 3.19. The van der Waals surface area contributed by atoms with Crippen LogP contribution in [0.25, 0.3) is 0 Å². The number of rotatable bonds is 3. The molecule has 0 aromatic heterocycles. The third-order valence-electron chi connectivity index (χ3n) is 7.27. The molecule has 0 aliphatic carbocycles. The zero-order chi connectivity index (χ0) is 22.2. The molecule has 4 atom stereocenters. The Labute approximate surface area is 187 Å². The Bertz CT molecular complexity index is 1030. The molecule has 2 aromatic rings. The van der Waals surface area contributed by atoms with E-state index in [0.717, 1.165) is 32.2 Å². The number of urea groups is 1. The van der Waals surface area contributed by atoms with E-state index in [1.54, 1.807) is 29.2 Å². The van der Waals surface area contributed by atoms with Gasteiger partial charge >= 0.3 is 6.03 Å². The highest BCUT2D eigenvalue weighted by atomic mass is 16.3. The van der Waals surface area contributed by atoms with Crippen molar-refractivity contribution in [2.75, 3.05) is 19.7 Å². The van der Waals surface area contributed by atoms with E-state index in [9.17, 15) is 19.8 Å². The maximum absolute atomic E-state index is 13.4. The first kappa shape index (κ1) is 20.8. The molecule has 3 aliphatic rings. The average Bonchev–Trinajstić information content (AvgIpc) is 2.82. The van der Waals surface area contributed by atoms with Gasteiger partial charge in [0, 0.05) is 19.1 Å². The van der Waals surface area contributed by atoms with Crippen LogP contribution in [0.1, 0.15) is 48.0 Å². The number of fused-ring (bicyclic) bond motifs is 4. The van der Waals surface area contributed by atoms with Crippen LogP contribution in [0.4, 0.5) is 4.79 Å². The van der Waals surface area contributed by atoms with Gasteiger partial charge in [-0.2, -0.15) is 0 Å². The molecule has 168 valence electrons.